The Hall–Kier alpha value is -0.910. The summed E-state index contributed by atoms with van der Waals surface area (Å²) in [6.07, 6.45) is 2.78. The largest absolute Gasteiger partial charge is 0.478 e. The van der Waals surface area contributed by atoms with Crippen LogP contribution >= 0.6 is 0 Å². The zero-order valence-corrected chi connectivity index (χ0v) is 11.8. The van der Waals surface area contributed by atoms with Gasteiger partial charge in [0.1, 0.15) is 0 Å². The van der Waals surface area contributed by atoms with Crippen molar-refractivity contribution in [2.75, 3.05) is 26.4 Å². The summed E-state index contributed by atoms with van der Waals surface area (Å²) in [5.74, 6) is -0.935. The van der Waals surface area contributed by atoms with Crippen molar-refractivity contribution < 1.29 is 24.9 Å². The topological polar surface area (TPSA) is 87.0 Å². The van der Waals surface area contributed by atoms with Crippen LogP contribution in [0.5, 0.6) is 0 Å². The number of carbonyl (C=O) groups is 1. The van der Waals surface area contributed by atoms with Crippen LogP contribution in [0, 0.1) is 0 Å². The Balaban J connectivity index is -0.000000190. The van der Waals surface area contributed by atoms with Gasteiger partial charge >= 0.3 is 5.97 Å². The molecule has 0 heterocycles. The first kappa shape index (κ1) is 22.3. The summed E-state index contributed by atoms with van der Waals surface area (Å²) >= 11 is 0. The molecule has 0 radical (unpaired) electrons. The van der Waals surface area contributed by atoms with Gasteiger partial charge < -0.3 is 20.1 Å². The Bertz CT molecular complexity index is 162. The minimum atomic E-state index is -0.935. The predicted octanol–water partition coefficient (Wildman–Crippen LogP) is 1.83. The van der Waals surface area contributed by atoms with Crippen molar-refractivity contribution in [2.24, 2.45) is 0 Å². The lowest BCUT2D eigenvalue weighted by Gasteiger charge is -1.95. The quantitative estimate of drug-likeness (QED) is 0.482. The number of aliphatic hydroxyl groups excluding tert-OH is 2. The molecule has 5 nitrogen and oxygen atoms in total. The molecule has 0 bridgehead atoms. The number of hydrogen-bond donors (Lipinski definition) is 3. The van der Waals surface area contributed by atoms with E-state index in [1.807, 2.05) is 0 Å². The van der Waals surface area contributed by atoms with E-state index in [4.69, 9.17) is 20.1 Å². The summed E-state index contributed by atoms with van der Waals surface area (Å²) < 4.78 is 5.13. The minimum Gasteiger partial charge on any atom is -0.478 e. The molecule has 0 atom stereocenters. The van der Waals surface area contributed by atoms with Crippen molar-refractivity contribution in [2.45, 2.75) is 40.0 Å². The summed E-state index contributed by atoms with van der Waals surface area (Å²) in [6, 6.07) is 0. The van der Waals surface area contributed by atoms with Crippen LogP contribution in [0.25, 0.3) is 0 Å². The fourth-order valence-corrected chi connectivity index (χ4v) is 0.461. The van der Waals surface area contributed by atoms with Gasteiger partial charge in [0, 0.05) is 32.0 Å². The van der Waals surface area contributed by atoms with Crippen LogP contribution in [0.1, 0.15) is 40.0 Å². The monoisotopic (exact) mass is 264 g/mol. The second-order valence-corrected chi connectivity index (χ2v) is 3.50. The highest BCUT2D eigenvalue weighted by Crippen LogP contribution is 1.81. The number of carboxylic acids is 1. The summed E-state index contributed by atoms with van der Waals surface area (Å²) in [7, 11) is 0. The Morgan fingerprint density at radius 2 is 1.44 bits per heavy atom. The predicted molar refractivity (Wildman–Crippen MR) is 72.6 cm³/mol. The van der Waals surface area contributed by atoms with Crippen LogP contribution in [-0.4, -0.2) is 47.7 Å². The first-order valence-electron chi connectivity index (χ1n) is 6.16. The standard InChI is InChI=1S/C6H14O.C4H6O2.C3H8O2/c1-3-5-7-6-4-2;1-3(2)4(5)6;4-2-1-3-5/h3-6H2,1-2H3;1H2,2H3,(H,5,6);4-5H,1-3H2. The van der Waals surface area contributed by atoms with E-state index >= 15 is 0 Å². The Morgan fingerprint density at radius 1 is 1.11 bits per heavy atom. The third kappa shape index (κ3) is 36.3. The third-order valence-electron chi connectivity index (χ3n) is 1.38. The molecular weight excluding hydrogens is 236 g/mol. The highest BCUT2D eigenvalue weighted by Gasteiger charge is 1.90. The Morgan fingerprint density at radius 3 is 1.56 bits per heavy atom. The molecule has 0 aromatic heterocycles. The maximum Gasteiger partial charge on any atom is 0.330 e. The van der Waals surface area contributed by atoms with Crippen molar-refractivity contribution in [3.63, 3.8) is 0 Å². The zero-order valence-electron chi connectivity index (χ0n) is 11.8. The lowest BCUT2D eigenvalue weighted by Crippen LogP contribution is -1.92. The average Bonchev–Trinajstić information content (AvgIpc) is 2.32. The SMILES string of the molecule is C=C(C)C(=O)O.CCCOCCC.OCCCO. The van der Waals surface area contributed by atoms with Crippen molar-refractivity contribution >= 4 is 5.97 Å². The molecule has 0 aliphatic carbocycles. The second-order valence-electron chi connectivity index (χ2n) is 3.50. The van der Waals surface area contributed by atoms with Crippen LogP contribution in [0.2, 0.25) is 0 Å². The molecule has 110 valence electrons. The van der Waals surface area contributed by atoms with Crippen molar-refractivity contribution in [3.05, 3.63) is 12.2 Å². The van der Waals surface area contributed by atoms with Crippen LogP contribution in [0.4, 0.5) is 0 Å². The van der Waals surface area contributed by atoms with Crippen molar-refractivity contribution in [1.29, 1.82) is 0 Å². The summed E-state index contributed by atoms with van der Waals surface area (Å²) in [6.45, 7) is 10.9. The number of rotatable bonds is 7. The molecule has 0 aromatic rings. The van der Waals surface area contributed by atoms with Crippen LogP contribution in [0.3, 0.4) is 0 Å². The zero-order chi connectivity index (χ0) is 14.8. The Kier molecular flexibility index (Phi) is 26.5. The molecule has 0 aromatic carbocycles. The molecule has 0 rings (SSSR count). The molecule has 18 heavy (non-hydrogen) atoms. The van der Waals surface area contributed by atoms with Gasteiger partial charge in [0.15, 0.2) is 0 Å². The van der Waals surface area contributed by atoms with Gasteiger partial charge in [-0.25, -0.2) is 4.79 Å². The van der Waals surface area contributed by atoms with Gasteiger partial charge in [-0.1, -0.05) is 20.4 Å². The van der Waals surface area contributed by atoms with Gasteiger partial charge in [0.05, 0.1) is 0 Å². The summed E-state index contributed by atoms with van der Waals surface area (Å²) in [5.41, 5.74) is 0.176. The number of aliphatic hydroxyl groups is 2. The molecule has 0 saturated heterocycles. The molecule has 5 heteroatoms. The van der Waals surface area contributed by atoms with E-state index in [9.17, 15) is 4.79 Å². The van der Waals surface area contributed by atoms with Gasteiger partial charge in [-0.05, 0) is 26.2 Å². The van der Waals surface area contributed by atoms with E-state index in [0.717, 1.165) is 26.1 Å². The lowest BCUT2D eigenvalue weighted by atomic mass is 10.4. The fraction of sp³-hybridized carbons (Fsp3) is 0.769. The first-order chi connectivity index (χ1) is 8.47. The summed E-state index contributed by atoms with van der Waals surface area (Å²) in [5, 5.41) is 23.7. The van der Waals surface area contributed by atoms with E-state index in [0.29, 0.717) is 6.42 Å². The van der Waals surface area contributed by atoms with E-state index in [1.165, 1.54) is 6.92 Å². The molecule has 0 aliphatic heterocycles. The molecular formula is C13H28O5. The maximum absolute atomic E-state index is 9.60. The molecule has 3 N–H and O–H groups in total. The van der Waals surface area contributed by atoms with E-state index in [1.54, 1.807) is 0 Å². The van der Waals surface area contributed by atoms with E-state index < -0.39 is 5.97 Å². The van der Waals surface area contributed by atoms with Gasteiger partial charge in [-0.3, -0.25) is 0 Å². The van der Waals surface area contributed by atoms with Gasteiger partial charge in [0.2, 0.25) is 0 Å². The number of ether oxygens (including phenoxy) is 1. The summed E-state index contributed by atoms with van der Waals surface area (Å²) in [4.78, 5) is 9.60. The van der Waals surface area contributed by atoms with Gasteiger partial charge in [0.25, 0.3) is 0 Å². The van der Waals surface area contributed by atoms with E-state index in [2.05, 4.69) is 20.4 Å². The molecule has 0 aliphatic rings. The maximum atomic E-state index is 9.60. The molecule has 0 unspecified atom stereocenters. The number of hydrogen-bond acceptors (Lipinski definition) is 4. The molecule has 0 fully saturated rings. The lowest BCUT2D eigenvalue weighted by molar-refractivity contribution is -0.132. The minimum absolute atomic E-state index is 0.0938. The van der Waals surface area contributed by atoms with Crippen molar-refractivity contribution in [3.8, 4) is 0 Å². The van der Waals surface area contributed by atoms with Crippen LogP contribution in [0.15, 0.2) is 12.2 Å². The van der Waals surface area contributed by atoms with Gasteiger partial charge in [-0.15, -0.1) is 0 Å². The van der Waals surface area contributed by atoms with Crippen LogP contribution in [-0.2, 0) is 9.53 Å². The third-order valence-corrected chi connectivity index (χ3v) is 1.38. The van der Waals surface area contributed by atoms with Crippen LogP contribution < -0.4 is 0 Å². The fourth-order valence-electron chi connectivity index (χ4n) is 0.461. The molecule has 0 spiro atoms. The Labute approximate surface area is 110 Å². The highest BCUT2D eigenvalue weighted by atomic mass is 16.5. The average molecular weight is 264 g/mol. The first-order valence-corrected chi connectivity index (χ1v) is 6.16. The highest BCUT2D eigenvalue weighted by molar-refractivity contribution is 5.84. The second kappa shape index (κ2) is 21.4. The van der Waals surface area contributed by atoms with Crippen molar-refractivity contribution in [1.82, 2.24) is 0 Å². The number of aliphatic carboxylic acids is 1. The molecule has 0 saturated carbocycles. The normalized spacial score (nSPS) is 8.50. The van der Waals surface area contributed by atoms with Gasteiger partial charge in [-0.2, -0.15) is 0 Å². The smallest absolute Gasteiger partial charge is 0.330 e. The number of carboxylic acid groups (broad SMARTS) is 1. The van der Waals surface area contributed by atoms with E-state index in [-0.39, 0.29) is 18.8 Å². The molecule has 0 amide bonds.